The Hall–Kier alpha value is -1.50. The Bertz CT molecular complexity index is 968. The highest BCUT2D eigenvalue weighted by atomic mass is 16.6. The van der Waals surface area contributed by atoms with Gasteiger partial charge in [-0.25, -0.2) is 4.79 Å². The van der Waals surface area contributed by atoms with Crippen molar-refractivity contribution < 1.29 is 29.3 Å². The molecule has 6 heteroatoms. The van der Waals surface area contributed by atoms with Crippen molar-refractivity contribution in [3.05, 3.63) is 23.3 Å². The molecule has 1 saturated heterocycles. The summed E-state index contributed by atoms with van der Waals surface area (Å²) in [6.07, 6.45) is 5.72. The SMILES string of the molecule is CC1=C(C)C(=O)OC(C(C)C2CCC3C4C(O)C5OC56C(O)C=CC(=O)C6C4CCC23C)C1. The normalized spacial score (nSPS) is 53.6. The van der Waals surface area contributed by atoms with E-state index in [-0.39, 0.29) is 46.9 Å². The molecule has 6 nitrogen and oxygen atoms in total. The van der Waals surface area contributed by atoms with Gasteiger partial charge in [0.2, 0.25) is 0 Å². The van der Waals surface area contributed by atoms with Crippen LogP contribution in [0, 0.1) is 40.9 Å². The third-order valence-corrected chi connectivity index (χ3v) is 10.9. The smallest absolute Gasteiger partial charge is 0.333 e. The van der Waals surface area contributed by atoms with Crippen molar-refractivity contribution in [3.63, 3.8) is 0 Å². The molecule has 4 aliphatic carbocycles. The standard InChI is InChI=1S/C27H36O6/c1-12-11-19(32-25(31)13(12)2)14(3)16-5-6-17-21-15(9-10-26(16,17)4)22-18(28)7-8-20(29)27(22)24(33-27)23(21)30/h7-8,14-17,19-24,29-30H,5-6,9-11H2,1-4H3. The minimum atomic E-state index is -0.913. The van der Waals surface area contributed by atoms with Crippen molar-refractivity contribution in [2.24, 2.45) is 40.9 Å². The highest BCUT2D eigenvalue weighted by Gasteiger charge is 2.78. The molecule has 6 aliphatic rings. The molecule has 4 fully saturated rings. The van der Waals surface area contributed by atoms with E-state index in [1.54, 1.807) is 0 Å². The van der Waals surface area contributed by atoms with Crippen LogP contribution in [0.2, 0.25) is 0 Å². The van der Waals surface area contributed by atoms with Crippen LogP contribution < -0.4 is 0 Å². The molecule has 2 aliphatic heterocycles. The highest BCUT2D eigenvalue weighted by molar-refractivity contribution is 5.95. The van der Waals surface area contributed by atoms with Crippen LogP contribution in [-0.2, 0) is 19.1 Å². The van der Waals surface area contributed by atoms with E-state index in [0.717, 1.165) is 43.3 Å². The van der Waals surface area contributed by atoms with Gasteiger partial charge in [-0.2, -0.15) is 0 Å². The van der Waals surface area contributed by atoms with E-state index < -0.39 is 23.9 Å². The summed E-state index contributed by atoms with van der Waals surface area (Å²) in [5.41, 5.74) is 0.975. The molecular formula is C27H36O6. The third-order valence-electron chi connectivity index (χ3n) is 10.9. The summed E-state index contributed by atoms with van der Waals surface area (Å²) in [4.78, 5) is 25.4. The summed E-state index contributed by atoms with van der Waals surface area (Å²) >= 11 is 0. The molecule has 0 aromatic heterocycles. The maximum Gasteiger partial charge on any atom is 0.333 e. The molecule has 0 bridgehead atoms. The Labute approximate surface area is 195 Å². The van der Waals surface area contributed by atoms with E-state index in [1.165, 1.54) is 12.2 Å². The highest BCUT2D eigenvalue weighted by Crippen LogP contribution is 2.69. The molecule has 180 valence electrons. The second-order valence-corrected chi connectivity index (χ2v) is 12.1. The fourth-order valence-electron chi connectivity index (χ4n) is 9.06. The number of hydrogen-bond acceptors (Lipinski definition) is 6. The largest absolute Gasteiger partial charge is 0.458 e. The van der Waals surface area contributed by atoms with Crippen molar-refractivity contribution in [1.29, 1.82) is 0 Å². The van der Waals surface area contributed by atoms with Gasteiger partial charge in [0, 0.05) is 12.0 Å². The summed E-state index contributed by atoms with van der Waals surface area (Å²) in [5, 5.41) is 22.1. The number of aliphatic hydroxyl groups is 2. The number of ether oxygens (including phenoxy) is 2. The maximum absolute atomic E-state index is 13.0. The van der Waals surface area contributed by atoms with Gasteiger partial charge in [0.25, 0.3) is 0 Å². The van der Waals surface area contributed by atoms with Crippen LogP contribution in [0.5, 0.6) is 0 Å². The molecule has 3 saturated carbocycles. The molecule has 2 N–H and O–H groups in total. The fourth-order valence-corrected chi connectivity index (χ4v) is 9.06. The average molecular weight is 457 g/mol. The molecule has 12 atom stereocenters. The van der Waals surface area contributed by atoms with Crippen molar-refractivity contribution in [2.45, 2.75) is 89.8 Å². The number of esters is 1. The minimum Gasteiger partial charge on any atom is -0.458 e. The third kappa shape index (κ3) is 2.72. The van der Waals surface area contributed by atoms with Gasteiger partial charge >= 0.3 is 5.97 Å². The van der Waals surface area contributed by atoms with Crippen LogP contribution in [0.25, 0.3) is 0 Å². The van der Waals surface area contributed by atoms with Gasteiger partial charge in [-0.15, -0.1) is 0 Å². The predicted molar refractivity (Wildman–Crippen MR) is 120 cm³/mol. The van der Waals surface area contributed by atoms with E-state index >= 15 is 0 Å². The summed E-state index contributed by atoms with van der Waals surface area (Å²) in [6.45, 7) is 8.47. The molecule has 0 radical (unpaired) electrons. The number of hydrogen-bond donors (Lipinski definition) is 2. The molecule has 0 aromatic carbocycles. The predicted octanol–water partition coefficient (Wildman–Crippen LogP) is 2.96. The number of allylic oxidation sites excluding steroid dienone is 1. The number of rotatable bonds is 2. The van der Waals surface area contributed by atoms with Gasteiger partial charge in [-0.05, 0) is 86.7 Å². The van der Waals surface area contributed by atoms with Gasteiger partial charge in [0.15, 0.2) is 5.78 Å². The number of cyclic esters (lactones) is 1. The summed E-state index contributed by atoms with van der Waals surface area (Å²) < 4.78 is 11.9. The van der Waals surface area contributed by atoms with Crippen LogP contribution in [0.4, 0.5) is 0 Å². The van der Waals surface area contributed by atoms with E-state index in [1.807, 2.05) is 13.8 Å². The first kappa shape index (κ1) is 22.0. The second-order valence-electron chi connectivity index (χ2n) is 12.1. The molecular weight excluding hydrogens is 420 g/mol. The van der Waals surface area contributed by atoms with E-state index in [0.29, 0.717) is 11.8 Å². The fraction of sp³-hybridized carbons (Fsp3) is 0.778. The number of carbonyl (C=O) groups excluding carboxylic acids is 2. The molecule has 2 heterocycles. The monoisotopic (exact) mass is 456 g/mol. The summed E-state index contributed by atoms with van der Waals surface area (Å²) in [5.74, 6) is 0.488. The van der Waals surface area contributed by atoms with Gasteiger partial charge < -0.3 is 19.7 Å². The van der Waals surface area contributed by atoms with Crippen LogP contribution in [0.3, 0.4) is 0 Å². The Morgan fingerprint density at radius 1 is 1.15 bits per heavy atom. The first-order valence-corrected chi connectivity index (χ1v) is 12.7. The zero-order valence-corrected chi connectivity index (χ0v) is 20.0. The topological polar surface area (TPSA) is 96.4 Å². The maximum atomic E-state index is 13.0. The zero-order valence-electron chi connectivity index (χ0n) is 20.0. The summed E-state index contributed by atoms with van der Waals surface area (Å²) in [7, 11) is 0. The van der Waals surface area contributed by atoms with Gasteiger partial charge in [-0.1, -0.05) is 19.4 Å². The Kier molecular flexibility index (Phi) is 4.68. The van der Waals surface area contributed by atoms with Gasteiger partial charge in [0.05, 0.1) is 12.0 Å². The lowest BCUT2D eigenvalue weighted by atomic mass is 9.48. The van der Waals surface area contributed by atoms with Gasteiger partial charge in [0.1, 0.15) is 23.9 Å². The molecule has 0 amide bonds. The number of fused-ring (bicyclic) bond motifs is 4. The minimum absolute atomic E-state index is 0.00649. The average Bonchev–Trinajstić information content (AvgIpc) is 3.43. The molecule has 0 aromatic rings. The molecule has 12 unspecified atom stereocenters. The number of aliphatic hydroxyl groups excluding tert-OH is 2. The van der Waals surface area contributed by atoms with Gasteiger partial charge in [-0.3, -0.25) is 4.79 Å². The number of ketones is 1. The van der Waals surface area contributed by atoms with E-state index in [2.05, 4.69) is 13.8 Å². The van der Waals surface area contributed by atoms with Crippen LogP contribution >= 0.6 is 0 Å². The number of carbonyl (C=O) groups is 2. The van der Waals surface area contributed by atoms with Crippen molar-refractivity contribution in [1.82, 2.24) is 0 Å². The van der Waals surface area contributed by atoms with Crippen LogP contribution in [0.15, 0.2) is 23.3 Å². The Morgan fingerprint density at radius 2 is 1.91 bits per heavy atom. The number of epoxide rings is 1. The lowest BCUT2D eigenvalue weighted by Gasteiger charge is -2.55. The summed E-state index contributed by atoms with van der Waals surface area (Å²) in [6, 6.07) is 0. The van der Waals surface area contributed by atoms with E-state index in [9.17, 15) is 19.8 Å². The van der Waals surface area contributed by atoms with Crippen molar-refractivity contribution in [2.75, 3.05) is 0 Å². The van der Waals surface area contributed by atoms with E-state index in [4.69, 9.17) is 9.47 Å². The first-order valence-electron chi connectivity index (χ1n) is 12.7. The van der Waals surface area contributed by atoms with Crippen molar-refractivity contribution in [3.8, 4) is 0 Å². The zero-order chi connectivity index (χ0) is 23.4. The Balaban J connectivity index is 1.29. The quantitative estimate of drug-likeness (QED) is 0.490. The van der Waals surface area contributed by atoms with Crippen molar-refractivity contribution >= 4 is 11.8 Å². The lowest BCUT2D eigenvalue weighted by Crippen LogP contribution is -2.62. The van der Waals surface area contributed by atoms with Crippen LogP contribution in [0.1, 0.15) is 59.8 Å². The first-order chi connectivity index (χ1) is 15.6. The lowest BCUT2D eigenvalue weighted by molar-refractivity contribution is -0.153. The van der Waals surface area contributed by atoms with Crippen LogP contribution in [-0.4, -0.2) is 52.0 Å². The second kappa shape index (κ2) is 7.02. The molecule has 33 heavy (non-hydrogen) atoms. The molecule has 6 rings (SSSR count). The Morgan fingerprint density at radius 3 is 2.64 bits per heavy atom. The molecule has 1 spiro atoms.